The zero-order chi connectivity index (χ0) is 22.3. The topological polar surface area (TPSA) is 35.6 Å². The second-order valence-electron chi connectivity index (χ2n) is 9.20. The lowest BCUT2D eigenvalue weighted by atomic mass is 9.82. The van der Waals surface area contributed by atoms with Gasteiger partial charge >= 0.3 is 6.18 Å². The molecule has 32 heavy (non-hydrogen) atoms. The van der Waals surface area contributed by atoms with Gasteiger partial charge in [-0.2, -0.15) is 13.2 Å². The van der Waals surface area contributed by atoms with E-state index < -0.39 is 17.7 Å². The Hall–Kier alpha value is -2.54. The Morgan fingerprint density at radius 3 is 2.47 bits per heavy atom. The van der Waals surface area contributed by atoms with Crippen molar-refractivity contribution in [2.75, 3.05) is 29.9 Å². The Bertz CT molecular complexity index is 972. The molecule has 2 aliphatic heterocycles. The molecule has 0 bridgehead atoms. The molecule has 1 aliphatic carbocycles. The van der Waals surface area contributed by atoms with E-state index in [0.717, 1.165) is 25.3 Å². The maximum absolute atomic E-state index is 13.4. The molecule has 2 heterocycles. The van der Waals surface area contributed by atoms with Crippen LogP contribution in [0.25, 0.3) is 0 Å². The SMILES string of the molecule is O=C(Nc1ccccc1)[C@@H]1Cc2cc(C(F)(F)F)ccc2N2CCN(C3CCCC3)C[C@H]12. The van der Waals surface area contributed by atoms with Gasteiger partial charge in [-0.15, -0.1) is 0 Å². The van der Waals surface area contributed by atoms with Crippen LogP contribution in [-0.2, 0) is 17.4 Å². The van der Waals surface area contributed by atoms with Crippen molar-refractivity contribution in [3.8, 4) is 0 Å². The normalized spacial score (nSPS) is 24.2. The number of para-hydroxylation sites is 1. The van der Waals surface area contributed by atoms with E-state index in [0.29, 0.717) is 23.7 Å². The summed E-state index contributed by atoms with van der Waals surface area (Å²) in [5.74, 6) is -0.530. The number of hydrogen-bond acceptors (Lipinski definition) is 3. The first-order valence-corrected chi connectivity index (χ1v) is 11.5. The predicted octanol–water partition coefficient (Wildman–Crippen LogP) is 4.95. The molecule has 2 aromatic carbocycles. The van der Waals surface area contributed by atoms with Crippen molar-refractivity contribution in [3.05, 3.63) is 59.7 Å². The van der Waals surface area contributed by atoms with Crippen molar-refractivity contribution in [2.45, 2.75) is 50.4 Å². The van der Waals surface area contributed by atoms with Crippen molar-refractivity contribution in [1.29, 1.82) is 0 Å². The van der Waals surface area contributed by atoms with Crippen LogP contribution in [0.2, 0.25) is 0 Å². The second-order valence-corrected chi connectivity index (χ2v) is 9.20. The fraction of sp³-hybridized carbons (Fsp3) is 0.480. The van der Waals surface area contributed by atoms with Gasteiger partial charge in [-0.25, -0.2) is 0 Å². The number of amides is 1. The molecule has 2 atom stereocenters. The summed E-state index contributed by atoms with van der Waals surface area (Å²) in [4.78, 5) is 18.0. The summed E-state index contributed by atoms with van der Waals surface area (Å²) in [7, 11) is 0. The van der Waals surface area contributed by atoms with Crippen molar-refractivity contribution in [1.82, 2.24) is 4.90 Å². The number of halogens is 3. The van der Waals surface area contributed by atoms with Gasteiger partial charge in [-0.1, -0.05) is 31.0 Å². The van der Waals surface area contributed by atoms with Gasteiger partial charge in [0.1, 0.15) is 0 Å². The Kier molecular flexibility index (Phi) is 5.61. The molecule has 2 fully saturated rings. The predicted molar refractivity (Wildman–Crippen MR) is 119 cm³/mol. The highest BCUT2D eigenvalue weighted by Gasteiger charge is 2.44. The number of rotatable bonds is 3. The average Bonchev–Trinajstić information content (AvgIpc) is 3.33. The van der Waals surface area contributed by atoms with E-state index in [1.165, 1.54) is 37.8 Å². The highest BCUT2D eigenvalue weighted by Crippen LogP contribution is 2.40. The Morgan fingerprint density at radius 2 is 1.75 bits per heavy atom. The van der Waals surface area contributed by atoms with E-state index >= 15 is 0 Å². The number of benzene rings is 2. The van der Waals surface area contributed by atoms with Crippen molar-refractivity contribution in [3.63, 3.8) is 0 Å². The van der Waals surface area contributed by atoms with Gasteiger partial charge in [-0.3, -0.25) is 9.69 Å². The summed E-state index contributed by atoms with van der Waals surface area (Å²) in [5, 5.41) is 3.00. The van der Waals surface area contributed by atoms with Crippen LogP contribution in [0.1, 0.15) is 36.8 Å². The summed E-state index contributed by atoms with van der Waals surface area (Å²) in [5.41, 5.74) is 1.51. The van der Waals surface area contributed by atoms with E-state index in [1.54, 1.807) is 6.07 Å². The summed E-state index contributed by atoms with van der Waals surface area (Å²) in [6.07, 6.45) is 0.803. The first-order chi connectivity index (χ1) is 15.4. The maximum Gasteiger partial charge on any atom is 0.416 e. The first-order valence-electron chi connectivity index (χ1n) is 11.5. The molecule has 0 spiro atoms. The van der Waals surface area contributed by atoms with Crippen LogP contribution in [0.4, 0.5) is 24.5 Å². The average molecular weight is 444 g/mol. The van der Waals surface area contributed by atoms with E-state index in [2.05, 4.69) is 15.1 Å². The van der Waals surface area contributed by atoms with Gasteiger partial charge in [0, 0.05) is 37.1 Å². The van der Waals surface area contributed by atoms with Crippen LogP contribution >= 0.6 is 0 Å². The molecule has 0 aromatic heterocycles. The maximum atomic E-state index is 13.4. The highest BCUT2D eigenvalue weighted by atomic mass is 19.4. The molecule has 1 amide bonds. The minimum Gasteiger partial charge on any atom is -0.365 e. The van der Waals surface area contributed by atoms with Crippen molar-refractivity contribution >= 4 is 17.3 Å². The van der Waals surface area contributed by atoms with Crippen LogP contribution < -0.4 is 10.2 Å². The number of hydrogen-bond donors (Lipinski definition) is 1. The molecule has 4 nitrogen and oxygen atoms in total. The van der Waals surface area contributed by atoms with E-state index in [1.807, 2.05) is 30.3 Å². The fourth-order valence-electron chi connectivity index (χ4n) is 5.68. The fourth-order valence-corrected chi connectivity index (χ4v) is 5.68. The molecular formula is C25H28F3N3O. The smallest absolute Gasteiger partial charge is 0.365 e. The monoisotopic (exact) mass is 443 g/mol. The number of fused-ring (bicyclic) bond motifs is 3. The number of carbonyl (C=O) groups excluding carboxylic acids is 1. The minimum atomic E-state index is -4.39. The Balaban J connectivity index is 1.46. The van der Waals surface area contributed by atoms with Crippen LogP contribution in [0, 0.1) is 5.92 Å². The van der Waals surface area contributed by atoms with E-state index in [-0.39, 0.29) is 11.9 Å². The third-order valence-electron chi connectivity index (χ3n) is 7.29. The number of carbonyl (C=O) groups is 1. The quantitative estimate of drug-likeness (QED) is 0.729. The third kappa shape index (κ3) is 4.10. The van der Waals surface area contributed by atoms with Gasteiger partial charge in [0.05, 0.1) is 17.5 Å². The lowest BCUT2D eigenvalue weighted by Crippen LogP contribution is -2.61. The van der Waals surface area contributed by atoms with Crippen LogP contribution in [-0.4, -0.2) is 42.5 Å². The summed E-state index contributed by atoms with van der Waals surface area (Å²) in [6.45, 7) is 2.39. The molecule has 7 heteroatoms. The highest BCUT2D eigenvalue weighted by molar-refractivity contribution is 5.94. The Morgan fingerprint density at radius 1 is 1.00 bits per heavy atom. The van der Waals surface area contributed by atoms with Gasteiger partial charge in [0.15, 0.2) is 0 Å². The van der Waals surface area contributed by atoms with Crippen molar-refractivity contribution < 1.29 is 18.0 Å². The molecule has 1 saturated carbocycles. The molecule has 1 N–H and O–H groups in total. The molecule has 5 rings (SSSR count). The number of piperazine rings is 1. The molecule has 0 unspecified atom stereocenters. The standard InChI is InChI=1S/C25H28F3N3O/c26-25(27,28)18-10-11-22-17(14-18)15-21(24(32)29-19-6-2-1-3-7-19)23-16-30(12-13-31(22)23)20-8-4-5-9-20/h1-3,6-7,10-11,14,20-21,23H,4-5,8-9,12-13,15-16H2,(H,29,32)/t21-,23-/m1/s1. The molecule has 170 valence electrons. The zero-order valence-electron chi connectivity index (χ0n) is 17.9. The summed E-state index contributed by atoms with van der Waals surface area (Å²) in [6, 6.07) is 13.8. The van der Waals surface area contributed by atoms with Gasteiger partial charge in [0.25, 0.3) is 0 Å². The van der Waals surface area contributed by atoms with Gasteiger partial charge in [0.2, 0.25) is 5.91 Å². The van der Waals surface area contributed by atoms with Crippen LogP contribution in [0.3, 0.4) is 0 Å². The lowest BCUT2D eigenvalue weighted by molar-refractivity contribution is -0.137. The first kappa shape index (κ1) is 21.3. The Labute approximate surface area is 186 Å². The van der Waals surface area contributed by atoms with E-state index in [4.69, 9.17) is 0 Å². The van der Waals surface area contributed by atoms with Crippen molar-refractivity contribution in [2.24, 2.45) is 5.92 Å². The second kappa shape index (κ2) is 8.43. The summed E-state index contributed by atoms with van der Waals surface area (Å²) < 4.78 is 40.1. The minimum absolute atomic E-state index is 0.0442. The number of anilines is 2. The number of alkyl halides is 3. The van der Waals surface area contributed by atoms with E-state index in [9.17, 15) is 18.0 Å². The molecule has 0 radical (unpaired) electrons. The third-order valence-corrected chi connectivity index (χ3v) is 7.29. The number of nitrogens with zero attached hydrogens (tertiary/aromatic N) is 2. The molecular weight excluding hydrogens is 415 g/mol. The largest absolute Gasteiger partial charge is 0.416 e. The van der Waals surface area contributed by atoms with Crippen LogP contribution in [0.5, 0.6) is 0 Å². The van der Waals surface area contributed by atoms with Crippen LogP contribution in [0.15, 0.2) is 48.5 Å². The van der Waals surface area contributed by atoms with Gasteiger partial charge < -0.3 is 10.2 Å². The van der Waals surface area contributed by atoms with Gasteiger partial charge in [-0.05, 0) is 55.2 Å². The molecule has 2 aromatic rings. The molecule has 3 aliphatic rings. The zero-order valence-corrected chi connectivity index (χ0v) is 17.9. The lowest BCUT2D eigenvalue weighted by Gasteiger charge is -2.50. The summed E-state index contributed by atoms with van der Waals surface area (Å²) >= 11 is 0. The molecule has 1 saturated heterocycles. The number of nitrogens with one attached hydrogen (secondary N) is 1.